The summed E-state index contributed by atoms with van der Waals surface area (Å²) < 4.78 is 64.9. The summed E-state index contributed by atoms with van der Waals surface area (Å²) in [5, 5.41) is 0. The molecule has 0 atom stereocenters. The van der Waals surface area contributed by atoms with Gasteiger partial charge in [-0.3, -0.25) is 0 Å². The Kier molecular flexibility index (Phi) is 9.20. The Hall–Kier alpha value is -1.83. The van der Waals surface area contributed by atoms with Crippen molar-refractivity contribution in [3.63, 3.8) is 0 Å². The van der Waals surface area contributed by atoms with Gasteiger partial charge in [0.25, 0.3) is 0 Å². The van der Waals surface area contributed by atoms with Crippen molar-refractivity contribution < 1.29 is 26.7 Å². The van der Waals surface area contributed by atoms with Gasteiger partial charge in [-0.2, -0.15) is 0 Å². The second-order valence-corrected chi connectivity index (χ2v) is 8.77. The van der Waals surface area contributed by atoms with E-state index < -0.39 is 21.5 Å². The monoisotopic (exact) mass is 426 g/mol. The minimum atomic E-state index is -3.93. The molecule has 0 spiro atoms. The molecule has 0 unspecified atom stereocenters. The Morgan fingerprint density at radius 3 is 1.55 bits per heavy atom. The van der Waals surface area contributed by atoms with E-state index in [2.05, 4.69) is 0 Å². The summed E-state index contributed by atoms with van der Waals surface area (Å²) in [4.78, 5) is -0.116. The zero-order valence-corrected chi connectivity index (χ0v) is 17.7. The molecule has 2 aromatic carbocycles. The van der Waals surface area contributed by atoms with Crippen molar-refractivity contribution in [2.24, 2.45) is 0 Å². The maximum Gasteiger partial charge on any atom is 0.206 e. The van der Waals surface area contributed by atoms with E-state index in [0.717, 1.165) is 37.8 Å². The highest BCUT2D eigenvalue weighted by Gasteiger charge is 2.21. The molecule has 0 aliphatic rings. The third-order valence-corrected chi connectivity index (χ3v) is 6.20. The average Bonchev–Trinajstić information content (AvgIpc) is 2.70. The highest BCUT2D eigenvalue weighted by molar-refractivity contribution is 7.91. The van der Waals surface area contributed by atoms with Crippen molar-refractivity contribution in [1.82, 2.24) is 0 Å². The molecule has 0 bridgehead atoms. The Morgan fingerprint density at radius 2 is 1.17 bits per heavy atom. The predicted molar refractivity (Wildman–Crippen MR) is 107 cm³/mol. The first kappa shape index (κ1) is 23.4. The van der Waals surface area contributed by atoms with Crippen LogP contribution in [0.25, 0.3) is 0 Å². The van der Waals surface area contributed by atoms with Crippen molar-refractivity contribution >= 4 is 9.84 Å². The fraction of sp³-hybridized carbons (Fsp3) is 0.455. The van der Waals surface area contributed by atoms with E-state index in [0.29, 0.717) is 13.2 Å². The van der Waals surface area contributed by atoms with Crippen LogP contribution in [-0.2, 0) is 32.5 Å². The Labute approximate surface area is 171 Å². The first-order valence-electron chi connectivity index (χ1n) is 9.87. The lowest BCUT2D eigenvalue weighted by Crippen LogP contribution is -2.07. The lowest BCUT2D eigenvalue weighted by Gasteiger charge is -2.11. The maximum absolute atomic E-state index is 14.0. The van der Waals surface area contributed by atoms with Crippen LogP contribution in [-0.4, -0.2) is 21.6 Å². The second-order valence-electron chi connectivity index (χ2n) is 6.82. The molecule has 0 saturated carbocycles. The number of hydrogen-bond acceptors (Lipinski definition) is 4. The summed E-state index contributed by atoms with van der Waals surface area (Å²) in [6, 6.07) is 7.20. The quantitative estimate of drug-likeness (QED) is 0.335. The van der Waals surface area contributed by atoms with Crippen LogP contribution in [0.15, 0.2) is 46.2 Å². The summed E-state index contributed by atoms with van der Waals surface area (Å²) >= 11 is 0. The molecule has 0 saturated heterocycles. The van der Waals surface area contributed by atoms with Crippen LogP contribution in [0.4, 0.5) is 8.78 Å². The van der Waals surface area contributed by atoms with Crippen molar-refractivity contribution in [1.29, 1.82) is 0 Å². The van der Waals surface area contributed by atoms with Gasteiger partial charge in [-0.1, -0.05) is 26.7 Å². The molecule has 2 aromatic rings. The number of sulfone groups is 1. The van der Waals surface area contributed by atoms with Gasteiger partial charge in [-0.05, 0) is 49.2 Å². The van der Waals surface area contributed by atoms with Crippen molar-refractivity contribution in [2.45, 2.75) is 62.5 Å². The molecule has 160 valence electrons. The number of ether oxygens (including phenoxy) is 2. The molecule has 7 heteroatoms. The van der Waals surface area contributed by atoms with E-state index in [9.17, 15) is 17.2 Å². The fourth-order valence-electron chi connectivity index (χ4n) is 2.65. The van der Waals surface area contributed by atoms with E-state index in [1.807, 2.05) is 13.8 Å². The van der Waals surface area contributed by atoms with Gasteiger partial charge in [0.2, 0.25) is 9.84 Å². The molecule has 0 radical (unpaired) electrons. The molecule has 4 nitrogen and oxygen atoms in total. The van der Waals surface area contributed by atoms with Crippen molar-refractivity contribution in [3.05, 3.63) is 59.2 Å². The Balaban J connectivity index is 2.23. The average molecular weight is 427 g/mol. The SMILES string of the molecule is CCCCOCc1cc(S(=O)(=O)c2ccc(F)c(COCCCC)c2)ccc1F. The molecular weight excluding hydrogens is 398 g/mol. The van der Waals surface area contributed by atoms with E-state index in [1.54, 1.807) is 0 Å². The highest BCUT2D eigenvalue weighted by atomic mass is 32.2. The minimum Gasteiger partial charge on any atom is -0.377 e. The first-order valence-corrected chi connectivity index (χ1v) is 11.4. The predicted octanol–water partition coefficient (Wildman–Crippen LogP) is 5.43. The largest absolute Gasteiger partial charge is 0.377 e. The molecular formula is C22H28F2O4S. The number of benzene rings is 2. The topological polar surface area (TPSA) is 52.6 Å². The van der Waals surface area contributed by atoms with Crippen LogP contribution >= 0.6 is 0 Å². The van der Waals surface area contributed by atoms with E-state index in [4.69, 9.17) is 9.47 Å². The molecule has 0 aliphatic carbocycles. The standard InChI is InChI=1S/C22H28F2O4S/c1-3-5-11-27-15-17-13-19(7-9-21(17)23)29(25,26)20-8-10-22(24)18(14-20)16-28-12-6-4-2/h7-10,13-14H,3-6,11-12,15-16H2,1-2H3. The van der Waals surface area contributed by atoms with Crippen LogP contribution in [0.1, 0.15) is 50.7 Å². The molecule has 0 aromatic heterocycles. The van der Waals surface area contributed by atoms with Crippen LogP contribution in [0, 0.1) is 11.6 Å². The molecule has 0 amide bonds. The second kappa shape index (κ2) is 11.4. The molecule has 2 rings (SSSR count). The van der Waals surface area contributed by atoms with Crippen LogP contribution in [0.3, 0.4) is 0 Å². The van der Waals surface area contributed by atoms with Gasteiger partial charge in [0, 0.05) is 24.3 Å². The summed E-state index contributed by atoms with van der Waals surface area (Å²) in [6.07, 6.45) is 3.59. The molecule has 29 heavy (non-hydrogen) atoms. The first-order chi connectivity index (χ1) is 13.9. The van der Waals surface area contributed by atoms with Crippen molar-refractivity contribution in [3.8, 4) is 0 Å². The number of rotatable bonds is 12. The van der Waals surface area contributed by atoms with Crippen LogP contribution in [0.5, 0.6) is 0 Å². The number of unbranched alkanes of at least 4 members (excludes halogenated alkanes) is 2. The van der Waals surface area contributed by atoms with E-state index >= 15 is 0 Å². The van der Waals surface area contributed by atoms with E-state index in [1.165, 1.54) is 24.3 Å². The van der Waals surface area contributed by atoms with Gasteiger partial charge in [0.1, 0.15) is 11.6 Å². The van der Waals surface area contributed by atoms with Gasteiger partial charge >= 0.3 is 0 Å². The summed E-state index contributed by atoms with van der Waals surface area (Å²) in [6.45, 7) is 4.98. The third-order valence-electron chi connectivity index (χ3n) is 4.45. The van der Waals surface area contributed by atoms with Gasteiger partial charge in [-0.25, -0.2) is 17.2 Å². The fourth-order valence-corrected chi connectivity index (χ4v) is 4.01. The lowest BCUT2D eigenvalue weighted by atomic mass is 10.2. The van der Waals surface area contributed by atoms with Gasteiger partial charge < -0.3 is 9.47 Å². The number of hydrogen-bond donors (Lipinski definition) is 0. The third kappa shape index (κ3) is 6.59. The molecule has 0 aliphatic heterocycles. The normalized spacial score (nSPS) is 11.7. The smallest absolute Gasteiger partial charge is 0.206 e. The number of halogens is 2. The van der Waals surface area contributed by atoms with Gasteiger partial charge in [-0.15, -0.1) is 0 Å². The summed E-state index contributed by atoms with van der Waals surface area (Å²) in [5.74, 6) is -1.05. The molecule has 0 N–H and O–H groups in total. The molecule has 0 fully saturated rings. The molecule has 0 heterocycles. The Morgan fingerprint density at radius 1 is 0.759 bits per heavy atom. The lowest BCUT2D eigenvalue weighted by molar-refractivity contribution is 0.115. The summed E-state index contributed by atoms with van der Waals surface area (Å²) in [7, 11) is -3.93. The zero-order chi connectivity index (χ0) is 21.3. The maximum atomic E-state index is 14.0. The Bertz CT molecular complexity index is 830. The zero-order valence-electron chi connectivity index (χ0n) is 16.9. The van der Waals surface area contributed by atoms with Gasteiger partial charge in [0.05, 0.1) is 23.0 Å². The summed E-state index contributed by atoms with van der Waals surface area (Å²) in [5.41, 5.74) is 0.347. The van der Waals surface area contributed by atoms with Crippen molar-refractivity contribution in [2.75, 3.05) is 13.2 Å². The van der Waals surface area contributed by atoms with Crippen LogP contribution in [0.2, 0.25) is 0 Å². The highest BCUT2D eigenvalue weighted by Crippen LogP contribution is 2.25. The van der Waals surface area contributed by atoms with Crippen LogP contribution < -0.4 is 0 Å². The minimum absolute atomic E-state index is 0.00483. The van der Waals surface area contributed by atoms with Gasteiger partial charge in [0.15, 0.2) is 0 Å². The van der Waals surface area contributed by atoms with E-state index in [-0.39, 0.29) is 34.1 Å².